The summed E-state index contributed by atoms with van der Waals surface area (Å²) < 4.78 is 0. The van der Waals surface area contributed by atoms with E-state index < -0.39 is 0 Å². The lowest BCUT2D eigenvalue weighted by Gasteiger charge is -2.06. The van der Waals surface area contributed by atoms with Crippen LogP contribution in [-0.4, -0.2) is 33.5 Å². The normalized spacial score (nSPS) is 11.2. The van der Waals surface area contributed by atoms with Crippen LogP contribution in [0, 0.1) is 6.92 Å². The molecule has 1 aromatic rings. The summed E-state index contributed by atoms with van der Waals surface area (Å²) in [5.41, 5.74) is 0. The number of thioether (sulfide) groups is 1. The van der Waals surface area contributed by atoms with Gasteiger partial charge in [0.25, 0.3) is 0 Å². The van der Waals surface area contributed by atoms with E-state index in [0.29, 0.717) is 6.04 Å². The maximum absolute atomic E-state index is 4.24. The highest BCUT2D eigenvalue weighted by molar-refractivity contribution is 7.99. The second-order valence-electron chi connectivity index (χ2n) is 3.87. The molecule has 1 aromatic heterocycles. The van der Waals surface area contributed by atoms with Gasteiger partial charge >= 0.3 is 0 Å². The molecule has 1 heterocycles. The Labute approximate surface area is 95.6 Å². The van der Waals surface area contributed by atoms with Gasteiger partial charge in [-0.05, 0) is 26.3 Å². The van der Waals surface area contributed by atoms with Crippen molar-refractivity contribution in [3.8, 4) is 0 Å². The smallest absolute Gasteiger partial charge is 0.208 e. The van der Waals surface area contributed by atoms with Crippen LogP contribution in [0.25, 0.3) is 0 Å². The Morgan fingerprint density at radius 3 is 2.80 bits per heavy atom. The molecule has 0 aliphatic heterocycles. The largest absolute Gasteiger partial charge is 0.315 e. The van der Waals surface area contributed by atoms with Crippen LogP contribution in [0.15, 0.2) is 5.16 Å². The third-order valence-corrected chi connectivity index (χ3v) is 2.87. The highest BCUT2D eigenvalue weighted by Gasteiger charge is 1.99. The van der Waals surface area contributed by atoms with E-state index in [4.69, 9.17) is 0 Å². The third kappa shape index (κ3) is 5.79. The summed E-state index contributed by atoms with van der Waals surface area (Å²) in [4.78, 5) is 4.24. The zero-order valence-corrected chi connectivity index (χ0v) is 10.5. The first-order valence-electron chi connectivity index (χ1n) is 5.43. The molecule has 0 fully saturated rings. The fourth-order valence-corrected chi connectivity index (χ4v) is 2.01. The zero-order chi connectivity index (χ0) is 11.1. The second kappa shape index (κ2) is 6.85. The quantitative estimate of drug-likeness (QED) is 0.553. The Hall–Kier alpha value is -0.550. The minimum atomic E-state index is 0.591. The van der Waals surface area contributed by atoms with Gasteiger partial charge in [0.2, 0.25) is 5.16 Å². The van der Waals surface area contributed by atoms with E-state index in [1.807, 2.05) is 6.92 Å². The average Bonchev–Trinajstić information content (AvgIpc) is 2.57. The molecule has 0 aromatic carbocycles. The van der Waals surface area contributed by atoms with Crippen LogP contribution < -0.4 is 5.32 Å². The number of nitrogens with one attached hydrogen (secondary N) is 2. The summed E-state index contributed by atoms with van der Waals surface area (Å²) >= 11 is 1.72. The Kier molecular flexibility index (Phi) is 5.71. The van der Waals surface area contributed by atoms with E-state index >= 15 is 0 Å². The number of nitrogens with zero attached hydrogens (tertiary/aromatic N) is 2. The van der Waals surface area contributed by atoms with Crippen LogP contribution >= 0.6 is 11.8 Å². The third-order valence-electron chi connectivity index (χ3n) is 1.93. The standard InChI is InChI=1S/C10H20N4S/c1-8(2)11-6-4-5-7-15-10-12-9(3)13-14-10/h8,11H,4-7H2,1-3H3,(H,12,13,14). The van der Waals surface area contributed by atoms with Gasteiger partial charge in [0.05, 0.1) is 0 Å². The number of rotatable bonds is 7. The zero-order valence-electron chi connectivity index (χ0n) is 9.71. The Morgan fingerprint density at radius 2 is 2.20 bits per heavy atom. The molecule has 4 nitrogen and oxygen atoms in total. The first-order chi connectivity index (χ1) is 7.18. The molecule has 0 bridgehead atoms. The molecule has 0 aliphatic carbocycles. The maximum Gasteiger partial charge on any atom is 0.208 e. The minimum Gasteiger partial charge on any atom is -0.315 e. The van der Waals surface area contributed by atoms with E-state index in [1.54, 1.807) is 11.8 Å². The lowest BCUT2D eigenvalue weighted by molar-refractivity contribution is 0.567. The predicted molar refractivity (Wildman–Crippen MR) is 64.2 cm³/mol. The number of H-pyrrole nitrogens is 1. The minimum absolute atomic E-state index is 0.591. The summed E-state index contributed by atoms with van der Waals surface area (Å²) in [7, 11) is 0. The van der Waals surface area contributed by atoms with Gasteiger partial charge in [0.15, 0.2) is 0 Å². The lowest BCUT2D eigenvalue weighted by Crippen LogP contribution is -2.23. The molecule has 0 aliphatic rings. The molecular formula is C10H20N4S. The number of hydrogen-bond acceptors (Lipinski definition) is 4. The molecule has 0 saturated heterocycles. The fourth-order valence-electron chi connectivity index (χ4n) is 1.17. The highest BCUT2D eigenvalue weighted by Crippen LogP contribution is 2.13. The van der Waals surface area contributed by atoms with Crippen molar-refractivity contribution in [2.24, 2.45) is 0 Å². The van der Waals surface area contributed by atoms with Crippen molar-refractivity contribution in [1.29, 1.82) is 0 Å². The van der Waals surface area contributed by atoms with Gasteiger partial charge in [-0.15, -0.1) is 5.10 Å². The van der Waals surface area contributed by atoms with Crippen molar-refractivity contribution in [3.05, 3.63) is 5.82 Å². The van der Waals surface area contributed by atoms with Crippen molar-refractivity contribution in [2.75, 3.05) is 12.3 Å². The van der Waals surface area contributed by atoms with Crippen LogP contribution in [0.3, 0.4) is 0 Å². The molecule has 5 heteroatoms. The number of unbranched alkanes of at least 4 members (excludes halogenated alkanes) is 1. The van der Waals surface area contributed by atoms with Gasteiger partial charge in [0.1, 0.15) is 5.82 Å². The van der Waals surface area contributed by atoms with E-state index in [1.165, 1.54) is 12.8 Å². The van der Waals surface area contributed by atoms with Gasteiger partial charge in [-0.1, -0.05) is 25.6 Å². The second-order valence-corrected chi connectivity index (χ2v) is 4.93. The summed E-state index contributed by atoms with van der Waals surface area (Å²) in [6.45, 7) is 7.37. The molecule has 0 saturated carbocycles. The van der Waals surface area contributed by atoms with Crippen LogP contribution in [0.5, 0.6) is 0 Å². The van der Waals surface area contributed by atoms with Crippen molar-refractivity contribution >= 4 is 11.8 Å². The molecule has 0 atom stereocenters. The molecular weight excluding hydrogens is 208 g/mol. The SMILES string of the molecule is Cc1nc(SCCCCNC(C)C)n[nH]1. The summed E-state index contributed by atoms with van der Waals surface area (Å²) in [5.74, 6) is 1.98. The predicted octanol–water partition coefficient (Wildman–Crippen LogP) is 1.98. The monoisotopic (exact) mass is 228 g/mol. The van der Waals surface area contributed by atoms with Gasteiger partial charge in [-0.3, -0.25) is 5.10 Å². The van der Waals surface area contributed by atoms with Gasteiger partial charge < -0.3 is 5.32 Å². The number of aromatic amines is 1. The molecule has 0 spiro atoms. The van der Waals surface area contributed by atoms with E-state index in [9.17, 15) is 0 Å². The number of hydrogen-bond donors (Lipinski definition) is 2. The summed E-state index contributed by atoms with van der Waals surface area (Å²) in [6.07, 6.45) is 2.42. The lowest BCUT2D eigenvalue weighted by atomic mass is 10.3. The molecule has 0 unspecified atom stereocenters. The number of aromatic nitrogens is 3. The molecule has 0 amide bonds. The molecule has 0 radical (unpaired) electrons. The van der Waals surface area contributed by atoms with Crippen LogP contribution in [0.4, 0.5) is 0 Å². The van der Waals surface area contributed by atoms with E-state index in [0.717, 1.165) is 23.3 Å². The van der Waals surface area contributed by atoms with Crippen LogP contribution in [0.2, 0.25) is 0 Å². The first kappa shape index (κ1) is 12.5. The van der Waals surface area contributed by atoms with E-state index in [-0.39, 0.29) is 0 Å². The van der Waals surface area contributed by atoms with E-state index in [2.05, 4.69) is 34.3 Å². The number of aryl methyl sites for hydroxylation is 1. The van der Waals surface area contributed by atoms with Crippen molar-refractivity contribution in [3.63, 3.8) is 0 Å². The Bertz CT molecular complexity index is 272. The molecule has 15 heavy (non-hydrogen) atoms. The van der Waals surface area contributed by atoms with Crippen LogP contribution in [0.1, 0.15) is 32.5 Å². The van der Waals surface area contributed by atoms with Crippen molar-refractivity contribution < 1.29 is 0 Å². The van der Waals surface area contributed by atoms with Crippen LogP contribution in [-0.2, 0) is 0 Å². The van der Waals surface area contributed by atoms with Gasteiger partial charge in [-0.25, -0.2) is 4.98 Å². The van der Waals surface area contributed by atoms with Gasteiger partial charge in [-0.2, -0.15) is 0 Å². The van der Waals surface area contributed by atoms with Gasteiger partial charge in [0, 0.05) is 11.8 Å². The summed E-state index contributed by atoms with van der Waals surface area (Å²) in [5, 5.41) is 11.2. The Morgan fingerprint density at radius 1 is 1.40 bits per heavy atom. The highest BCUT2D eigenvalue weighted by atomic mass is 32.2. The molecule has 1 rings (SSSR count). The molecule has 86 valence electrons. The van der Waals surface area contributed by atoms with Crippen molar-refractivity contribution in [1.82, 2.24) is 20.5 Å². The Balaban J connectivity index is 1.98. The average molecular weight is 228 g/mol. The van der Waals surface area contributed by atoms with Crippen molar-refractivity contribution in [2.45, 2.75) is 44.8 Å². The maximum atomic E-state index is 4.24. The fraction of sp³-hybridized carbons (Fsp3) is 0.800. The summed E-state index contributed by atoms with van der Waals surface area (Å²) in [6, 6.07) is 0.591. The first-order valence-corrected chi connectivity index (χ1v) is 6.42. The molecule has 2 N–H and O–H groups in total. The topological polar surface area (TPSA) is 53.6 Å².